The van der Waals surface area contributed by atoms with Crippen LogP contribution in [0.25, 0.3) is 10.2 Å². The standard InChI is InChI=1S/C22H29N3OS/c1-15-6-2-4-10-24(15)18-12-16(13-18)22-23-19-9-8-17(14-20(19)27-22)25-11-5-3-7-21(25)26/h8-9,14-16,18H,2-7,10-13H2,1H3. The maximum atomic E-state index is 12.2. The molecule has 1 amide bonds. The number of rotatable bonds is 3. The van der Waals surface area contributed by atoms with Crippen LogP contribution in [-0.2, 0) is 4.79 Å². The molecule has 5 rings (SSSR count). The van der Waals surface area contributed by atoms with Gasteiger partial charge in [-0.15, -0.1) is 11.3 Å². The van der Waals surface area contributed by atoms with Gasteiger partial charge in [0.15, 0.2) is 0 Å². The van der Waals surface area contributed by atoms with Crippen molar-refractivity contribution in [2.75, 3.05) is 18.0 Å². The van der Waals surface area contributed by atoms with E-state index in [0.717, 1.165) is 42.7 Å². The summed E-state index contributed by atoms with van der Waals surface area (Å²) in [5, 5.41) is 1.30. The predicted molar refractivity (Wildman–Crippen MR) is 112 cm³/mol. The number of benzene rings is 1. The Kier molecular flexibility index (Phi) is 4.68. The molecule has 144 valence electrons. The van der Waals surface area contributed by atoms with Crippen LogP contribution in [0.5, 0.6) is 0 Å². The SMILES string of the molecule is CC1CCCCN1C1CC(c2nc3ccc(N4CCCCC4=O)cc3s2)C1. The second kappa shape index (κ2) is 7.17. The van der Waals surface area contributed by atoms with Crippen molar-refractivity contribution in [1.82, 2.24) is 9.88 Å². The summed E-state index contributed by atoms with van der Waals surface area (Å²) in [6.07, 6.45) is 9.48. The summed E-state index contributed by atoms with van der Waals surface area (Å²) in [7, 11) is 0. The average Bonchev–Trinajstić information content (AvgIpc) is 3.05. The van der Waals surface area contributed by atoms with Crippen molar-refractivity contribution in [3.8, 4) is 0 Å². The molecule has 1 aromatic carbocycles. The maximum Gasteiger partial charge on any atom is 0.226 e. The molecule has 1 aromatic heterocycles. The first kappa shape index (κ1) is 17.6. The summed E-state index contributed by atoms with van der Waals surface area (Å²) in [6, 6.07) is 7.88. The lowest BCUT2D eigenvalue weighted by Crippen LogP contribution is -2.50. The van der Waals surface area contributed by atoms with Crippen LogP contribution in [0, 0.1) is 0 Å². The molecule has 5 heteroatoms. The number of anilines is 1. The van der Waals surface area contributed by atoms with E-state index in [4.69, 9.17) is 4.98 Å². The third kappa shape index (κ3) is 3.29. The van der Waals surface area contributed by atoms with E-state index in [-0.39, 0.29) is 5.91 Å². The first-order chi connectivity index (χ1) is 13.2. The summed E-state index contributed by atoms with van der Waals surface area (Å²) in [5.74, 6) is 0.893. The number of piperidine rings is 2. The molecule has 2 aromatic rings. The lowest BCUT2D eigenvalue weighted by atomic mass is 9.78. The zero-order valence-electron chi connectivity index (χ0n) is 16.2. The van der Waals surface area contributed by atoms with E-state index in [1.54, 1.807) is 0 Å². The van der Waals surface area contributed by atoms with Gasteiger partial charge in [-0.3, -0.25) is 9.69 Å². The number of carbonyl (C=O) groups is 1. The molecule has 3 fully saturated rings. The zero-order valence-corrected chi connectivity index (χ0v) is 17.0. The van der Waals surface area contributed by atoms with Gasteiger partial charge in [0.1, 0.15) is 0 Å². The molecule has 1 aliphatic carbocycles. The van der Waals surface area contributed by atoms with E-state index in [2.05, 4.69) is 30.0 Å². The van der Waals surface area contributed by atoms with Gasteiger partial charge in [0.2, 0.25) is 5.91 Å². The van der Waals surface area contributed by atoms with Gasteiger partial charge in [-0.1, -0.05) is 6.42 Å². The normalized spacial score (nSPS) is 29.9. The molecule has 0 N–H and O–H groups in total. The van der Waals surface area contributed by atoms with E-state index in [9.17, 15) is 4.79 Å². The van der Waals surface area contributed by atoms with Crippen molar-refractivity contribution >= 4 is 33.1 Å². The molecular formula is C22H29N3OS. The second-order valence-electron chi connectivity index (χ2n) is 8.61. The van der Waals surface area contributed by atoms with Gasteiger partial charge in [0.05, 0.1) is 15.2 Å². The molecule has 1 saturated carbocycles. The van der Waals surface area contributed by atoms with Crippen molar-refractivity contribution in [2.24, 2.45) is 0 Å². The van der Waals surface area contributed by atoms with Crippen molar-refractivity contribution in [3.63, 3.8) is 0 Å². The number of hydrogen-bond acceptors (Lipinski definition) is 4. The first-order valence-corrected chi connectivity index (χ1v) is 11.5. The van der Waals surface area contributed by atoms with Crippen LogP contribution in [0.4, 0.5) is 5.69 Å². The molecule has 2 aliphatic heterocycles. The van der Waals surface area contributed by atoms with Gasteiger partial charge in [0.25, 0.3) is 0 Å². The number of hydrogen-bond donors (Lipinski definition) is 0. The third-order valence-electron chi connectivity index (χ3n) is 6.81. The Morgan fingerprint density at radius 2 is 1.96 bits per heavy atom. The number of amides is 1. The fraction of sp³-hybridized carbons (Fsp3) is 0.636. The Labute approximate surface area is 165 Å². The molecule has 0 spiro atoms. The quantitative estimate of drug-likeness (QED) is 0.754. The van der Waals surface area contributed by atoms with Crippen molar-refractivity contribution in [3.05, 3.63) is 23.2 Å². The zero-order chi connectivity index (χ0) is 18.4. The minimum absolute atomic E-state index is 0.267. The molecule has 2 saturated heterocycles. The average molecular weight is 384 g/mol. The summed E-state index contributed by atoms with van der Waals surface area (Å²) in [5.41, 5.74) is 2.15. The lowest BCUT2D eigenvalue weighted by Gasteiger charge is -2.47. The summed E-state index contributed by atoms with van der Waals surface area (Å²) < 4.78 is 1.23. The van der Waals surface area contributed by atoms with Crippen LogP contribution in [0.1, 0.15) is 69.2 Å². The highest BCUT2D eigenvalue weighted by Gasteiger charge is 2.38. The van der Waals surface area contributed by atoms with Gasteiger partial charge < -0.3 is 4.90 Å². The highest BCUT2D eigenvalue weighted by molar-refractivity contribution is 7.18. The first-order valence-electron chi connectivity index (χ1n) is 10.7. The Morgan fingerprint density at radius 3 is 2.78 bits per heavy atom. The lowest BCUT2D eigenvalue weighted by molar-refractivity contribution is -0.119. The van der Waals surface area contributed by atoms with Crippen molar-refractivity contribution < 1.29 is 4.79 Å². The number of nitrogens with zero attached hydrogens (tertiary/aromatic N) is 3. The smallest absolute Gasteiger partial charge is 0.226 e. The minimum Gasteiger partial charge on any atom is -0.312 e. The minimum atomic E-state index is 0.267. The van der Waals surface area contributed by atoms with Crippen LogP contribution in [0.15, 0.2) is 18.2 Å². The predicted octanol–water partition coefficient (Wildman–Crippen LogP) is 4.93. The summed E-state index contributed by atoms with van der Waals surface area (Å²) >= 11 is 1.84. The number of aromatic nitrogens is 1. The highest BCUT2D eigenvalue weighted by Crippen LogP contribution is 2.44. The van der Waals surface area contributed by atoms with Crippen LogP contribution in [0.3, 0.4) is 0 Å². The van der Waals surface area contributed by atoms with Crippen LogP contribution >= 0.6 is 11.3 Å². The van der Waals surface area contributed by atoms with Crippen molar-refractivity contribution in [1.29, 1.82) is 0 Å². The monoisotopic (exact) mass is 383 g/mol. The third-order valence-corrected chi connectivity index (χ3v) is 7.99. The Hall–Kier alpha value is -1.46. The molecule has 1 unspecified atom stereocenters. The molecule has 27 heavy (non-hydrogen) atoms. The molecule has 1 atom stereocenters. The number of carbonyl (C=O) groups excluding carboxylic acids is 1. The van der Waals surface area contributed by atoms with E-state index >= 15 is 0 Å². The van der Waals surface area contributed by atoms with E-state index in [0.29, 0.717) is 12.3 Å². The van der Waals surface area contributed by atoms with Gasteiger partial charge >= 0.3 is 0 Å². The second-order valence-corrected chi connectivity index (χ2v) is 9.67. The Bertz CT molecular complexity index is 841. The molecule has 3 aliphatic rings. The molecular weight excluding hydrogens is 354 g/mol. The number of fused-ring (bicyclic) bond motifs is 1. The maximum absolute atomic E-state index is 12.2. The van der Waals surface area contributed by atoms with E-state index in [1.807, 2.05) is 16.2 Å². The summed E-state index contributed by atoms with van der Waals surface area (Å²) in [6.45, 7) is 4.54. The molecule has 4 nitrogen and oxygen atoms in total. The summed E-state index contributed by atoms with van der Waals surface area (Å²) in [4.78, 5) is 21.9. The van der Waals surface area contributed by atoms with Gasteiger partial charge in [-0.05, 0) is 70.2 Å². The van der Waals surface area contributed by atoms with Crippen molar-refractivity contribution in [2.45, 2.75) is 76.3 Å². The van der Waals surface area contributed by atoms with E-state index < -0.39 is 0 Å². The van der Waals surface area contributed by atoms with Crippen LogP contribution < -0.4 is 4.90 Å². The Balaban J connectivity index is 1.30. The number of likely N-dealkylation sites (tertiary alicyclic amines) is 1. The number of thiazole rings is 1. The molecule has 0 radical (unpaired) electrons. The Morgan fingerprint density at radius 1 is 1.11 bits per heavy atom. The molecule has 3 heterocycles. The fourth-order valence-electron chi connectivity index (χ4n) is 5.08. The largest absolute Gasteiger partial charge is 0.312 e. The van der Waals surface area contributed by atoms with E-state index in [1.165, 1.54) is 48.4 Å². The molecule has 0 bridgehead atoms. The van der Waals surface area contributed by atoms with Gasteiger partial charge in [-0.2, -0.15) is 0 Å². The van der Waals surface area contributed by atoms with Crippen LogP contribution in [0.2, 0.25) is 0 Å². The van der Waals surface area contributed by atoms with Crippen LogP contribution in [-0.4, -0.2) is 41.0 Å². The van der Waals surface area contributed by atoms with Gasteiger partial charge in [-0.25, -0.2) is 4.98 Å². The van der Waals surface area contributed by atoms with Gasteiger partial charge in [0, 0.05) is 36.7 Å². The highest BCUT2D eigenvalue weighted by atomic mass is 32.1. The topological polar surface area (TPSA) is 36.4 Å². The fourth-order valence-corrected chi connectivity index (χ4v) is 6.20.